The van der Waals surface area contributed by atoms with Crippen LogP contribution in [0.5, 0.6) is 0 Å². The van der Waals surface area contributed by atoms with Crippen molar-refractivity contribution in [3.63, 3.8) is 0 Å². The lowest BCUT2D eigenvalue weighted by molar-refractivity contribution is 0.216. The lowest BCUT2D eigenvalue weighted by atomic mass is 9.72. The SMILES string of the molecule is N#CC1CCc2c(sc3c2CCC(C2CCC(N)CC2)C3)C1. The summed E-state index contributed by atoms with van der Waals surface area (Å²) < 4.78 is 0. The number of nitrogens with two attached hydrogens (primary N) is 1. The van der Waals surface area contributed by atoms with Crippen LogP contribution < -0.4 is 5.73 Å². The zero-order chi connectivity index (χ0) is 15.1. The summed E-state index contributed by atoms with van der Waals surface area (Å²) >= 11 is 2.05. The summed E-state index contributed by atoms with van der Waals surface area (Å²) in [5, 5.41) is 9.20. The van der Waals surface area contributed by atoms with Gasteiger partial charge in [-0.05, 0) is 87.2 Å². The van der Waals surface area contributed by atoms with E-state index in [1.54, 1.807) is 20.9 Å². The molecule has 3 aliphatic carbocycles. The van der Waals surface area contributed by atoms with Crippen molar-refractivity contribution in [2.75, 3.05) is 0 Å². The van der Waals surface area contributed by atoms with Crippen LogP contribution in [0.25, 0.3) is 0 Å². The van der Waals surface area contributed by atoms with Crippen molar-refractivity contribution in [1.82, 2.24) is 0 Å². The van der Waals surface area contributed by atoms with E-state index in [-0.39, 0.29) is 5.92 Å². The van der Waals surface area contributed by atoms with E-state index in [4.69, 9.17) is 5.73 Å². The maximum absolute atomic E-state index is 9.20. The summed E-state index contributed by atoms with van der Waals surface area (Å²) in [4.78, 5) is 3.23. The highest BCUT2D eigenvalue weighted by Gasteiger charge is 2.33. The third-order valence-corrected chi connectivity index (χ3v) is 7.66. The highest BCUT2D eigenvalue weighted by atomic mass is 32.1. The molecule has 0 bridgehead atoms. The maximum Gasteiger partial charge on any atom is 0.0659 e. The smallest absolute Gasteiger partial charge is 0.0659 e. The summed E-state index contributed by atoms with van der Waals surface area (Å²) in [5.41, 5.74) is 9.41. The highest BCUT2D eigenvalue weighted by molar-refractivity contribution is 7.12. The van der Waals surface area contributed by atoms with Crippen molar-refractivity contribution >= 4 is 11.3 Å². The first kappa shape index (κ1) is 14.7. The van der Waals surface area contributed by atoms with Crippen molar-refractivity contribution in [1.29, 1.82) is 5.26 Å². The summed E-state index contributed by atoms with van der Waals surface area (Å²) in [6, 6.07) is 2.95. The Morgan fingerprint density at radius 3 is 2.27 bits per heavy atom. The molecule has 1 aromatic rings. The van der Waals surface area contributed by atoms with Crippen molar-refractivity contribution in [2.24, 2.45) is 23.5 Å². The molecule has 1 heterocycles. The quantitative estimate of drug-likeness (QED) is 0.852. The van der Waals surface area contributed by atoms with Gasteiger partial charge in [-0.3, -0.25) is 0 Å². The molecular formula is C19H26N2S. The molecular weight excluding hydrogens is 288 g/mol. The molecule has 2 N–H and O–H groups in total. The number of hydrogen-bond donors (Lipinski definition) is 1. The van der Waals surface area contributed by atoms with Crippen molar-refractivity contribution in [2.45, 2.75) is 70.3 Å². The molecule has 22 heavy (non-hydrogen) atoms. The van der Waals surface area contributed by atoms with Crippen LogP contribution in [0, 0.1) is 29.1 Å². The zero-order valence-corrected chi connectivity index (χ0v) is 14.1. The summed E-state index contributed by atoms with van der Waals surface area (Å²) in [6.45, 7) is 0. The van der Waals surface area contributed by atoms with Crippen LogP contribution in [0.1, 0.15) is 59.4 Å². The van der Waals surface area contributed by atoms with Gasteiger partial charge in [0.05, 0.1) is 12.0 Å². The molecule has 0 aliphatic heterocycles. The first-order valence-corrected chi connectivity index (χ1v) is 9.83. The van der Waals surface area contributed by atoms with Crippen LogP contribution in [-0.2, 0) is 25.7 Å². The Morgan fingerprint density at radius 1 is 0.864 bits per heavy atom. The van der Waals surface area contributed by atoms with Crippen molar-refractivity contribution < 1.29 is 0 Å². The molecule has 2 atom stereocenters. The molecule has 0 spiro atoms. The molecule has 2 unspecified atom stereocenters. The molecule has 1 fully saturated rings. The van der Waals surface area contributed by atoms with Crippen LogP contribution >= 0.6 is 11.3 Å². The third kappa shape index (κ3) is 2.61. The van der Waals surface area contributed by atoms with Gasteiger partial charge >= 0.3 is 0 Å². The van der Waals surface area contributed by atoms with E-state index in [9.17, 15) is 5.26 Å². The molecule has 3 aliphatic rings. The van der Waals surface area contributed by atoms with Crippen molar-refractivity contribution in [3.05, 3.63) is 20.9 Å². The Bertz CT molecular complexity index is 589. The van der Waals surface area contributed by atoms with Gasteiger partial charge in [0.1, 0.15) is 0 Å². The fourth-order valence-corrected chi connectivity index (χ4v) is 6.54. The molecule has 0 saturated heterocycles. The Hall–Kier alpha value is -0.850. The average molecular weight is 314 g/mol. The first-order chi connectivity index (χ1) is 10.7. The number of rotatable bonds is 1. The van der Waals surface area contributed by atoms with Gasteiger partial charge in [-0.2, -0.15) is 5.26 Å². The van der Waals surface area contributed by atoms with Gasteiger partial charge in [-0.1, -0.05) is 0 Å². The lowest BCUT2D eigenvalue weighted by Gasteiger charge is -2.35. The number of hydrogen-bond acceptors (Lipinski definition) is 3. The predicted octanol–water partition coefficient (Wildman–Crippen LogP) is 4.00. The number of nitriles is 1. The van der Waals surface area contributed by atoms with Crippen LogP contribution in [0.15, 0.2) is 0 Å². The fraction of sp³-hybridized carbons (Fsp3) is 0.737. The highest BCUT2D eigenvalue weighted by Crippen LogP contribution is 2.44. The molecule has 0 amide bonds. The topological polar surface area (TPSA) is 49.8 Å². The fourth-order valence-electron chi connectivity index (χ4n) is 4.96. The number of thiophene rings is 1. The minimum absolute atomic E-state index is 0.267. The van der Waals surface area contributed by atoms with Gasteiger partial charge in [0.25, 0.3) is 0 Å². The number of nitrogens with zero attached hydrogens (tertiary/aromatic N) is 1. The Morgan fingerprint density at radius 2 is 1.55 bits per heavy atom. The Labute approximate surface area is 137 Å². The lowest BCUT2D eigenvalue weighted by Crippen LogP contribution is -2.31. The van der Waals surface area contributed by atoms with Gasteiger partial charge in [-0.25, -0.2) is 0 Å². The van der Waals surface area contributed by atoms with E-state index in [0.29, 0.717) is 6.04 Å². The molecule has 2 nitrogen and oxygen atoms in total. The third-order valence-electron chi connectivity index (χ3n) is 6.34. The maximum atomic E-state index is 9.20. The van der Waals surface area contributed by atoms with Gasteiger partial charge in [-0.15, -0.1) is 11.3 Å². The van der Waals surface area contributed by atoms with Crippen LogP contribution in [0.4, 0.5) is 0 Å². The summed E-state index contributed by atoms with van der Waals surface area (Å²) in [5.74, 6) is 2.08. The normalized spacial score (nSPS) is 34.5. The molecule has 4 rings (SSSR count). The minimum Gasteiger partial charge on any atom is -0.328 e. The van der Waals surface area contributed by atoms with E-state index >= 15 is 0 Å². The monoisotopic (exact) mass is 314 g/mol. The van der Waals surface area contributed by atoms with E-state index in [2.05, 4.69) is 6.07 Å². The van der Waals surface area contributed by atoms with Gasteiger partial charge in [0.15, 0.2) is 0 Å². The molecule has 0 radical (unpaired) electrons. The molecule has 3 heteroatoms. The van der Waals surface area contributed by atoms with Crippen LogP contribution in [0.2, 0.25) is 0 Å². The van der Waals surface area contributed by atoms with Crippen molar-refractivity contribution in [3.8, 4) is 6.07 Å². The first-order valence-electron chi connectivity index (χ1n) is 9.02. The Kier molecular flexibility index (Phi) is 4.00. The second-order valence-corrected chi connectivity index (χ2v) is 8.84. The van der Waals surface area contributed by atoms with Gasteiger partial charge in [0.2, 0.25) is 0 Å². The van der Waals surface area contributed by atoms with E-state index in [0.717, 1.165) is 31.1 Å². The molecule has 1 aromatic heterocycles. The molecule has 0 aromatic carbocycles. The van der Waals surface area contributed by atoms with Gasteiger partial charge < -0.3 is 5.73 Å². The van der Waals surface area contributed by atoms with Crippen LogP contribution in [0.3, 0.4) is 0 Å². The molecule has 1 saturated carbocycles. The number of fused-ring (bicyclic) bond motifs is 3. The van der Waals surface area contributed by atoms with Crippen LogP contribution in [-0.4, -0.2) is 6.04 Å². The standard InChI is InChI=1S/C19H26N2S/c20-11-12-1-7-16-17-8-4-14(10-19(17)22-18(16)9-12)13-2-5-15(21)6-3-13/h12-15H,1-10,21H2. The predicted molar refractivity (Wildman–Crippen MR) is 90.9 cm³/mol. The zero-order valence-electron chi connectivity index (χ0n) is 13.3. The van der Waals surface area contributed by atoms with E-state index < -0.39 is 0 Å². The van der Waals surface area contributed by atoms with Gasteiger partial charge in [0, 0.05) is 15.8 Å². The largest absolute Gasteiger partial charge is 0.328 e. The minimum atomic E-state index is 0.267. The Balaban J connectivity index is 1.50. The van der Waals surface area contributed by atoms with E-state index in [1.807, 2.05) is 11.3 Å². The van der Waals surface area contributed by atoms with E-state index in [1.165, 1.54) is 44.9 Å². The average Bonchev–Trinajstić information content (AvgIpc) is 2.92. The summed E-state index contributed by atoms with van der Waals surface area (Å²) in [7, 11) is 0. The second-order valence-electron chi connectivity index (χ2n) is 7.65. The molecule has 118 valence electrons. The summed E-state index contributed by atoms with van der Waals surface area (Å²) in [6.07, 6.45) is 12.4. The second kappa shape index (κ2) is 5.98.